The first kappa shape index (κ1) is 19.6. The van der Waals surface area contributed by atoms with Crippen LogP contribution in [-0.4, -0.2) is 71.0 Å². The lowest BCUT2D eigenvalue weighted by molar-refractivity contribution is 0.182. The van der Waals surface area contributed by atoms with Crippen molar-refractivity contribution in [2.45, 2.75) is 31.8 Å². The van der Waals surface area contributed by atoms with Gasteiger partial charge in [0.2, 0.25) is 10.0 Å². The largest absolute Gasteiger partial charge is 0.379 e. The van der Waals surface area contributed by atoms with E-state index in [0.29, 0.717) is 19.3 Å². The van der Waals surface area contributed by atoms with Crippen molar-refractivity contribution in [1.82, 2.24) is 9.62 Å². The van der Waals surface area contributed by atoms with Gasteiger partial charge in [-0.05, 0) is 31.9 Å². The normalized spacial score (nSPS) is 25.2. The van der Waals surface area contributed by atoms with E-state index in [-0.39, 0.29) is 17.7 Å². The fourth-order valence-electron chi connectivity index (χ4n) is 3.73. The summed E-state index contributed by atoms with van der Waals surface area (Å²) in [5, 5.41) is 3.68. The maximum atomic E-state index is 12.2. The Morgan fingerprint density at radius 3 is 2.42 bits per heavy atom. The summed E-state index contributed by atoms with van der Waals surface area (Å²) in [6.45, 7) is 5.28. The van der Waals surface area contributed by atoms with Gasteiger partial charge in [0.15, 0.2) is 0 Å². The molecule has 26 heavy (non-hydrogen) atoms. The van der Waals surface area contributed by atoms with Gasteiger partial charge in [0.1, 0.15) is 0 Å². The predicted molar refractivity (Wildman–Crippen MR) is 105 cm³/mol. The van der Waals surface area contributed by atoms with E-state index in [9.17, 15) is 8.42 Å². The molecule has 6 nitrogen and oxygen atoms in total. The van der Waals surface area contributed by atoms with Crippen LogP contribution in [0.25, 0.3) is 0 Å². The summed E-state index contributed by atoms with van der Waals surface area (Å²) in [4.78, 5) is 2.43. The van der Waals surface area contributed by atoms with Crippen LogP contribution in [0.4, 0.5) is 5.69 Å². The van der Waals surface area contributed by atoms with E-state index in [1.807, 2.05) is 0 Å². The second-order valence-corrected chi connectivity index (χ2v) is 9.96. The third-order valence-electron chi connectivity index (χ3n) is 5.52. The Labute approximate surface area is 157 Å². The van der Waals surface area contributed by atoms with Crippen molar-refractivity contribution in [1.29, 1.82) is 0 Å². The number of benzene rings is 1. The number of aryl methyl sites for hydroxylation is 1. The molecule has 2 saturated heterocycles. The summed E-state index contributed by atoms with van der Waals surface area (Å²) >= 11 is 0. The van der Waals surface area contributed by atoms with Crippen molar-refractivity contribution in [3.63, 3.8) is 0 Å². The molecule has 1 N–H and O–H groups in total. The van der Waals surface area contributed by atoms with Crippen molar-refractivity contribution < 1.29 is 13.2 Å². The molecule has 0 spiro atoms. The monoisotopic (exact) mass is 381 g/mol. The highest BCUT2D eigenvalue weighted by Crippen LogP contribution is 2.23. The summed E-state index contributed by atoms with van der Waals surface area (Å²) in [5.41, 5.74) is 2.57. The molecule has 146 valence electrons. The van der Waals surface area contributed by atoms with Gasteiger partial charge in [-0.3, -0.25) is 0 Å². The molecule has 2 atom stereocenters. The number of nitrogens with one attached hydrogen (secondary N) is 1. The van der Waals surface area contributed by atoms with Crippen molar-refractivity contribution >= 4 is 15.7 Å². The Hall–Kier alpha value is -1.15. The fourth-order valence-corrected chi connectivity index (χ4v) is 4.90. The maximum absolute atomic E-state index is 12.2. The Bertz CT molecular complexity index is 682. The molecule has 3 rings (SSSR count). The predicted octanol–water partition coefficient (Wildman–Crippen LogP) is 1.46. The van der Waals surface area contributed by atoms with Gasteiger partial charge in [0.25, 0.3) is 0 Å². The minimum Gasteiger partial charge on any atom is -0.379 e. The van der Waals surface area contributed by atoms with Crippen molar-refractivity contribution in [3.05, 3.63) is 29.8 Å². The summed E-state index contributed by atoms with van der Waals surface area (Å²) in [6, 6.07) is 9.25. The average Bonchev–Trinajstić information content (AvgIpc) is 3.02. The van der Waals surface area contributed by atoms with E-state index in [2.05, 4.69) is 41.4 Å². The molecule has 7 heteroatoms. The van der Waals surface area contributed by atoms with Crippen LogP contribution in [0.15, 0.2) is 24.3 Å². The first-order valence-corrected chi connectivity index (χ1v) is 11.0. The Morgan fingerprint density at radius 2 is 1.81 bits per heavy atom. The zero-order valence-electron chi connectivity index (χ0n) is 16.0. The van der Waals surface area contributed by atoms with Crippen LogP contribution in [-0.2, 0) is 14.8 Å². The van der Waals surface area contributed by atoms with Gasteiger partial charge in [-0.2, -0.15) is 0 Å². The van der Waals surface area contributed by atoms with Gasteiger partial charge in [-0.1, -0.05) is 17.7 Å². The smallest absolute Gasteiger partial charge is 0.214 e. The second kappa shape index (κ2) is 8.25. The number of ether oxygens (including phenoxy) is 1. The molecule has 2 heterocycles. The van der Waals surface area contributed by atoms with Crippen molar-refractivity contribution in [2.75, 3.05) is 51.1 Å². The lowest BCUT2D eigenvalue weighted by Gasteiger charge is -2.36. The van der Waals surface area contributed by atoms with Gasteiger partial charge < -0.3 is 15.0 Å². The van der Waals surface area contributed by atoms with Crippen LogP contribution in [0, 0.1) is 12.8 Å². The van der Waals surface area contributed by atoms with Crippen LogP contribution in [0.2, 0.25) is 0 Å². The van der Waals surface area contributed by atoms with E-state index in [1.165, 1.54) is 15.6 Å². The van der Waals surface area contributed by atoms with Crippen LogP contribution in [0.3, 0.4) is 0 Å². The lowest BCUT2D eigenvalue weighted by Crippen LogP contribution is -2.49. The summed E-state index contributed by atoms with van der Waals surface area (Å²) in [6.07, 6.45) is 2.13. The number of hydrogen-bond donors (Lipinski definition) is 1. The van der Waals surface area contributed by atoms with Crippen LogP contribution < -0.4 is 10.2 Å². The molecule has 0 aliphatic carbocycles. The number of piperidine rings is 1. The standard InChI is InChI=1S/C19H31N3O3S/c1-15-4-6-18(7-5-15)22-10-8-17(9-11-22)20-19-13-25-12-16(19)14-26(23,24)21(2)3/h4-7,16-17,19-20H,8-14H2,1-3H3/t16-,19-/m0/s1. The van der Waals surface area contributed by atoms with Crippen molar-refractivity contribution in [2.24, 2.45) is 5.92 Å². The average molecular weight is 382 g/mol. The number of rotatable bonds is 6. The van der Waals surface area contributed by atoms with Gasteiger partial charge in [-0.25, -0.2) is 12.7 Å². The fraction of sp³-hybridized carbons (Fsp3) is 0.684. The summed E-state index contributed by atoms with van der Waals surface area (Å²) in [5.74, 6) is 0.178. The molecule has 2 aliphatic rings. The van der Waals surface area contributed by atoms with E-state index in [0.717, 1.165) is 25.9 Å². The van der Waals surface area contributed by atoms with Gasteiger partial charge in [-0.15, -0.1) is 0 Å². The van der Waals surface area contributed by atoms with E-state index in [1.54, 1.807) is 14.1 Å². The first-order chi connectivity index (χ1) is 12.3. The highest BCUT2D eigenvalue weighted by Gasteiger charge is 2.34. The molecule has 2 fully saturated rings. The number of sulfonamides is 1. The van der Waals surface area contributed by atoms with Crippen LogP contribution >= 0.6 is 0 Å². The number of nitrogens with zero attached hydrogens (tertiary/aromatic N) is 2. The number of anilines is 1. The highest BCUT2D eigenvalue weighted by atomic mass is 32.2. The van der Waals surface area contributed by atoms with Crippen LogP contribution in [0.5, 0.6) is 0 Å². The highest BCUT2D eigenvalue weighted by molar-refractivity contribution is 7.89. The Kier molecular flexibility index (Phi) is 6.22. The van der Waals surface area contributed by atoms with Gasteiger partial charge in [0, 0.05) is 50.9 Å². The quantitative estimate of drug-likeness (QED) is 0.808. The number of hydrogen-bond acceptors (Lipinski definition) is 5. The first-order valence-electron chi connectivity index (χ1n) is 9.41. The molecule has 0 aromatic heterocycles. The molecule has 2 aliphatic heterocycles. The molecule has 1 aromatic rings. The molecular formula is C19H31N3O3S. The zero-order valence-corrected chi connectivity index (χ0v) is 16.8. The van der Waals surface area contributed by atoms with Gasteiger partial charge >= 0.3 is 0 Å². The van der Waals surface area contributed by atoms with Gasteiger partial charge in [0.05, 0.1) is 19.0 Å². The molecule has 0 amide bonds. The minimum atomic E-state index is -3.20. The third kappa shape index (κ3) is 4.76. The topological polar surface area (TPSA) is 61.9 Å². The van der Waals surface area contributed by atoms with Crippen molar-refractivity contribution in [3.8, 4) is 0 Å². The lowest BCUT2D eigenvalue weighted by atomic mass is 9.99. The summed E-state index contributed by atoms with van der Waals surface area (Å²) in [7, 11) is -0.0153. The van der Waals surface area contributed by atoms with E-state index < -0.39 is 10.0 Å². The van der Waals surface area contributed by atoms with Crippen LogP contribution in [0.1, 0.15) is 18.4 Å². The Balaban J connectivity index is 1.51. The second-order valence-electron chi connectivity index (χ2n) is 7.73. The molecule has 0 radical (unpaired) electrons. The third-order valence-corrected chi connectivity index (χ3v) is 7.49. The molecular weight excluding hydrogens is 350 g/mol. The molecule has 0 bridgehead atoms. The molecule has 0 saturated carbocycles. The maximum Gasteiger partial charge on any atom is 0.214 e. The minimum absolute atomic E-state index is 0.0255. The Morgan fingerprint density at radius 1 is 1.15 bits per heavy atom. The molecule has 1 aromatic carbocycles. The zero-order chi connectivity index (χ0) is 18.7. The molecule has 0 unspecified atom stereocenters. The van der Waals surface area contributed by atoms with E-state index in [4.69, 9.17) is 4.74 Å². The SMILES string of the molecule is Cc1ccc(N2CCC(N[C@H]3COC[C@H]3CS(=O)(=O)N(C)C)CC2)cc1. The van der Waals surface area contributed by atoms with E-state index >= 15 is 0 Å². The summed E-state index contributed by atoms with van der Waals surface area (Å²) < 4.78 is 31.3.